The number of amides is 1. The number of fused-ring (bicyclic) bond motifs is 1. The number of aliphatic hydroxyl groups is 1. The molecule has 1 aromatic rings. The zero-order valence-corrected chi connectivity index (χ0v) is 15.5. The number of aliphatic imine (C=N–C) groups is 1. The summed E-state index contributed by atoms with van der Waals surface area (Å²) < 4.78 is 0. The van der Waals surface area contributed by atoms with Crippen LogP contribution in [0.25, 0.3) is 0 Å². The first-order chi connectivity index (χ1) is 12.4. The highest BCUT2D eigenvalue weighted by atomic mass is 32.2. The van der Waals surface area contributed by atoms with E-state index in [1.54, 1.807) is 25.2 Å². The highest BCUT2D eigenvalue weighted by Gasteiger charge is 2.30. The lowest BCUT2D eigenvalue weighted by atomic mass is 9.95. The van der Waals surface area contributed by atoms with E-state index in [1.165, 1.54) is 17.3 Å². The molecule has 134 valence electrons. The number of amidine groups is 1. The average molecular weight is 367 g/mol. The molecular formula is C20H21N3O2S. The van der Waals surface area contributed by atoms with Crippen molar-refractivity contribution in [2.24, 2.45) is 4.99 Å². The normalized spacial score (nSPS) is 23.9. The summed E-state index contributed by atoms with van der Waals surface area (Å²) in [4.78, 5) is 16.9. The predicted molar refractivity (Wildman–Crippen MR) is 108 cm³/mol. The van der Waals surface area contributed by atoms with E-state index in [4.69, 9.17) is 5.11 Å². The minimum absolute atomic E-state index is 0.132. The Labute approximate surface area is 157 Å². The third-order valence-electron chi connectivity index (χ3n) is 4.10. The Morgan fingerprint density at radius 1 is 1.42 bits per heavy atom. The molecule has 6 heteroatoms. The van der Waals surface area contributed by atoms with Gasteiger partial charge in [0.05, 0.1) is 10.7 Å². The van der Waals surface area contributed by atoms with E-state index in [2.05, 4.69) is 41.3 Å². The van der Waals surface area contributed by atoms with Gasteiger partial charge < -0.3 is 15.7 Å². The van der Waals surface area contributed by atoms with Crippen LogP contribution in [-0.2, 0) is 4.79 Å². The number of para-hydroxylation sites is 1. The number of aliphatic hydroxyl groups excluding tert-OH is 1. The molecule has 0 radical (unpaired) electrons. The number of rotatable bonds is 4. The van der Waals surface area contributed by atoms with Crippen molar-refractivity contribution in [3.05, 3.63) is 77.1 Å². The van der Waals surface area contributed by atoms with Crippen molar-refractivity contribution in [3.8, 4) is 0 Å². The number of nitrogens with zero attached hydrogens (tertiary/aromatic N) is 1. The van der Waals surface area contributed by atoms with Crippen molar-refractivity contribution in [3.63, 3.8) is 0 Å². The summed E-state index contributed by atoms with van der Waals surface area (Å²) >= 11 is 1.31. The molecule has 0 aliphatic carbocycles. The van der Waals surface area contributed by atoms with Crippen LogP contribution >= 0.6 is 11.8 Å². The molecule has 5 nitrogen and oxygen atoms in total. The fourth-order valence-corrected chi connectivity index (χ4v) is 3.75. The first kappa shape index (κ1) is 18.1. The summed E-state index contributed by atoms with van der Waals surface area (Å²) in [5.41, 5.74) is 2.90. The Morgan fingerprint density at radius 3 is 2.96 bits per heavy atom. The largest absolute Gasteiger partial charge is 0.513 e. The predicted octanol–water partition coefficient (Wildman–Crippen LogP) is 4.22. The molecule has 0 bridgehead atoms. The molecule has 26 heavy (non-hydrogen) atoms. The number of nitrogens with one attached hydrogen (secondary N) is 2. The second-order valence-corrected chi connectivity index (χ2v) is 7.25. The van der Waals surface area contributed by atoms with Gasteiger partial charge in [-0.15, -0.1) is 0 Å². The number of hydrogen-bond acceptors (Lipinski definition) is 5. The van der Waals surface area contributed by atoms with E-state index in [0.717, 1.165) is 5.69 Å². The number of anilines is 1. The van der Waals surface area contributed by atoms with E-state index < -0.39 is 0 Å². The molecule has 3 N–H and O–H groups in total. The molecular weight excluding hydrogens is 346 g/mol. The van der Waals surface area contributed by atoms with Gasteiger partial charge in [-0.2, -0.15) is 4.99 Å². The van der Waals surface area contributed by atoms with Gasteiger partial charge in [-0.1, -0.05) is 36.9 Å². The van der Waals surface area contributed by atoms with Crippen molar-refractivity contribution in [1.29, 1.82) is 0 Å². The molecule has 2 unspecified atom stereocenters. The van der Waals surface area contributed by atoms with Crippen LogP contribution in [0.3, 0.4) is 0 Å². The van der Waals surface area contributed by atoms with E-state index in [0.29, 0.717) is 15.8 Å². The Balaban J connectivity index is 1.68. The zero-order valence-electron chi connectivity index (χ0n) is 14.7. The Kier molecular flexibility index (Phi) is 5.32. The monoisotopic (exact) mass is 367 g/mol. The summed E-state index contributed by atoms with van der Waals surface area (Å²) in [6.45, 7) is 7.56. The molecule has 0 saturated heterocycles. The van der Waals surface area contributed by atoms with Crippen LogP contribution in [0.4, 0.5) is 5.69 Å². The molecule has 1 aromatic carbocycles. The van der Waals surface area contributed by atoms with E-state index in [1.807, 2.05) is 18.2 Å². The molecule has 0 spiro atoms. The summed E-state index contributed by atoms with van der Waals surface area (Å²) in [7, 11) is 0. The first-order valence-electron chi connectivity index (χ1n) is 8.32. The average Bonchev–Trinajstić information content (AvgIpc) is 3.07. The molecule has 3 rings (SSSR count). The van der Waals surface area contributed by atoms with E-state index in [9.17, 15) is 4.79 Å². The lowest BCUT2D eigenvalue weighted by Crippen LogP contribution is -2.16. The van der Waals surface area contributed by atoms with Crippen LogP contribution in [0.5, 0.6) is 0 Å². The Hall–Kier alpha value is -2.73. The third-order valence-corrected chi connectivity index (χ3v) is 5.01. The number of benzene rings is 1. The Bertz CT molecular complexity index is 864. The SMILES string of the molecule is C=C(/C=C\C=C(/C)O)NC1=NC(=O)/C(=C/C2c3ccccc3NC2C)S1. The number of hydrogen-bond donors (Lipinski definition) is 3. The van der Waals surface area contributed by atoms with Crippen LogP contribution in [-0.4, -0.2) is 22.2 Å². The van der Waals surface area contributed by atoms with Crippen LogP contribution in [0.15, 0.2) is 76.5 Å². The number of carbonyl (C=O) groups is 1. The van der Waals surface area contributed by atoms with Gasteiger partial charge in [0, 0.05) is 23.3 Å². The van der Waals surface area contributed by atoms with Crippen LogP contribution in [0, 0.1) is 0 Å². The van der Waals surface area contributed by atoms with Gasteiger partial charge in [-0.05, 0) is 49.4 Å². The zero-order chi connectivity index (χ0) is 18.7. The van der Waals surface area contributed by atoms with Crippen molar-refractivity contribution in [2.75, 3.05) is 5.32 Å². The van der Waals surface area contributed by atoms with Gasteiger partial charge in [0.2, 0.25) is 0 Å². The summed E-state index contributed by atoms with van der Waals surface area (Å²) in [6.07, 6.45) is 6.92. The highest BCUT2D eigenvalue weighted by Crippen LogP contribution is 2.39. The standard InChI is InChI=1S/C20H21N3O2S/c1-12(7-6-8-13(2)24)21-20-23-19(25)18(26-20)11-16-14(3)22-17-10-5-4-9-15(16)17/h4-11,14,16,22,24H,1H2,2-3H3,(H,21,23,25)/b7-6-,13-8+,18-11-. The highest BCUT2D eigenvalue weighted by molar-refractivity contribution is 8.18. The maximum absolute atomic E-state index is 12.2. The maximum Gasteiger partial charge on any atom is 0.285 e. The summed E-state index contributed by atoms with van der Waals surface area (Å²) in [5.74, 6) is 0.103. The minimum Gasteiger partial charge on any atom is -0.513 e. The molecule has 0 saturated carbocycles. The molecule has 2 aliphatic rings. The topological polar surface area (TPSA) is 73.7 Å². The van der Waals surface area contributed by atoms with Crippen molar-refractivity contribution < 1.29 is 9.90 Å². The number of allylic oxidation sites excluding steroid dienone is 4. The summed E-state index contributed by atoms with van der Waals surface area (Å²) in [6, 6.07) is 8.37. The molecule has 2 atom stereocenters. The van der Waals surface area contributed by atoms with Gasteiger partial charge in [-0.25, -0.2) is 0 Å². The van der Waals surface area contributed by atoms with Gasteiger partial charge in [0.15, 0.2) is 5.17 Å². The summed E-state index contributed by atoms with van der Waals surface area (Å²) in [5, 5.41) is 16.1. The molecule has 1 amide bonds. The number of thioether (sulfide) groups is 1. The van der Waals surface area contributed by atoms with Crippen molar-refractivity contribution >= 4 is 28.5 Å². The maximum atomic E-state index is 12.2. The second kappa shape index (κ2) is 7.66. The lowest BCUT2D eigenvalue weighted by Gasteiger charge is -2.12. The lowest BCUT2D eigenvalue weighted by molar-refractivity contribution is -0.113. The third kappa shape index (κ3) is 4.08. The van der Waals surface area contributed by atoms with E-state index >= 15 is 0 Å². The molecule has 2 aliphatic heterocycles. The van der Waals surface area contributed by atoms with Gasteiger partial charge in [-0.3, -0.25) is 4.79 Å². The van der Waals surface area contributed by atoms with Crippen LogP contribution in [0.1, 0.15) is 25.3 Å². The second-order valence-electron chi connectivity index (χ2n) is 6.22. The van der Waals surface area contributed by atoms with Crippen LogP contribution in [0.2, 0.25) is 0 Å². The molecule has 2 heterocycles. The molecule has 0 fully saturated rings. The van der Waals surface area contributed by atoms with Gasteiger partial charge in [0.1, 0.15) is 0 Å². The fourth-order valence-electron chi connectivity index (χ4n) is 2.88. The minimum atomic E-state index is -0.239. The smallest absolute Gasteiger partial charge is 0.285 e. The quantitative estimate of drug-likeness (QED) is 0.422. The molecule has 0 aromatic heterocycles. The Morgan fingerprint density at radius 2 is 2.19 bits per heavy atom. The van der Waals surface area contributed by atoms with Crippen LogP contribution < -0.4 is 10.6 Å². The first-order valence-corrected chi connectivity index (χ1v) is 9.13. The van der Waals surface area contributed by atoms with Gasteiger partial charge >= 0.3 is 0 Å². The van der Waals surface area contributed by atoms with Gasteiger partial charge in [0.25, 0.3) is 5.91 Å². The fraction of sp³-hybridized carbons (Fsp3) is 0.200. The number of carbonyl (C=O) groups excluding carboxylic acids is 1. The van der Waals surface area contributed by atoms with E-state index in [-0.39, 0.29) is 23.6 Å². The van der Waals surface area contributed by atoms with Crippen molar-refractivity contribution in [2.45, 2.75) is 25.8 Å². The van der Waals surface area contributed by atoms with Crippen molar-refractivity contribution in [1.82, 2.24) is 5.32 Å².